The molecule has 0 amide bonds. The number of benzene rings is 2. The molecular weight excluding hydrogens is 328 g/mol. The average molecular weight is 347 g/mol. The van der Waals surface area contributed by atoms with E-state index >= 15 is 0 Å². The van der Waals surface area contributed by atoms with Gasteiger partial charge in [0.15, 0.2) is 6.20 Å². The van der Waals surface area contributed by atoms with Crippen LogP contribution in [0, 0.1) is 10.1 Å². The van der Waals surface area contributed by atoms with Crippen LogP contribution in [0.2, 0.25) is 0 Å². The van der Waals surface area contributed by atoms with E-state index in [1.807, 2.05) is 42.7 Å². The van der Waals surface area contributed by atoms with Crippen molar-refractivity contribution in [3.63, 3.8) is 0 Å². The minimum Gasteiger partial charge on any atom is -0.262 e. The third-order valence-electron chi connectivity index (χ3n) is 4.85. The normalized spacial score (nSPS) is 16.4. The van der Waals surface area contributed by atoms with Crippen molar-refractivity contribution in [2.24, 2.45) is 12.1 Å². The maximum Gasteiger partial charge on any atom is 0.269 e. The zero-order valence-corrected chi connectivity index (χ0v) is 14.7. The Hall–Kier alpha value is -3.28. The highest BCUT2D eigenvalue weighted by Crippen LogP contribution is 2.34. The van der Waals surface area contributed by atoms with E-state index in [-0.39, 0.29) is 16.7 Å². The number of non-ortho nitro benzene ring substituents is 1. The summed E-state index contributed by atoms with van der Waals surface area (Å²) in [6, 6.07) is 15.4. The number of nitro groups is 1. The summed E-state index contributed by atoms with van der Waals surface area (Å²) < 4.78 is 2.08. The molecule has 0 bridgehead atoms. The van der Waals surface area contributed by atoms with Crippen LogP contribution in [0.3, 0.4) is 0 Å². The zero-order chi connectivity index (χ0) is 18.3. The molecule has 130 valence electrons. The van der Waals surface area contributed by atoms with Crippen molar-refractivity contribution in [2.75, 3.05) is 5.01 Å². The van der Waals surface area contributed by atoms with E-state index in [4.69, 9.17) is 5.10 Å². The van der Waals surface area contributed by atoms with Gasteiger partial charge in [-0.05, 0) is 31.0 Å². The Morgan fingerprint density at radius 1 is 1.27 bits per heavy atom. The van der Waals surface area contributed by atoms with Gasteiger partial charge in [0, 0.05) is 29.8 Å². The summed E-state index contributed by atoms with van der Waals surface area (Å²) in [5, 5.41) is 18.8. The molecule has 3 aromatic rings. The first-order valence-corrected chi connectivity index (χ1v) is 8.52. The van der Waals surface area contributed by atoms with Gasteiger partial charge in [0.1, 0.15) is 7.05 Å². The van der Waals surface area contributed by atoms with E-state index in [0.29, 0.717) is 0 Å². The molecule has 0 spiro atoms. The second kappa shape index (κ2) is 6.22. The minimum absolute atomic E-state index is 0.128. The lowest BCUT2D eigenvalue weighted by Crippen LogP contribution is -2.28. The number of nitro benzene ring substituents is 1. The van der Waals surface area contributed by atoms with Crippen LogP contribution >= 0.6 is 0 Å². The molecule has 0 aliphatic carbocycles. The molecule has 1 aliphatic heterocycles. The number of nitrogens with zero attached hydrogens (tertiary/aromatic N) is 4. The topological polar surface area (TPSA) is 62.6 Å². The highest BCUT2D eigenvalue weighted by molar-refractivity contribution is 5.97. The number of pyridine rings is 1. The molecule has 6 nitrogen and oxygen atoms in total. The summed E-state index contributed by atoms with van der Waals surface area (Å²) in [6.45, 7) is 2.08. The van der Waals surface area contributed by atoms with Gasteiger partial charge in [-0.2, -0.15) is 5.10 Å². The first-order chi connectivity index (χ1) is 12.5. The van der Waals surface area contributed by atoms with Crippen LogP contribution in [-0.2, 0) is 13.5 Å². The van der Waals surface area contributed by atoms with Crippen LogP contribution in [0.4, 0.5) is 11.4 Å². The van der Waals surface area contributed by atoms with Crippen molar-refractivity contribution in [1.82, 2.24) is 0 Å². The Kier molecular flexibility index (Phi) is 3.88. The predicted octanol–water partition coefficient (Wildman–Crippen LogP) is 3.36. The van der Waals surface area contributed by atoms with Crippen LogP contribution in [0.15, 0.2) is 59.8 Å². The molecule has 0 saturated heterocycles. The lowest BCUT2D eigenvalue weighted by molar-refractivity contribution is -0.644. The highest BCUT2D eigenvalue weighted by Gasteiger charge is 2.27. The second-order valence-electron chi connectivity index (χ2n) is 6.61. The molecule has 2 heterocycles. The maximum atomic E-state index is 11.0. The van der Waals surface area contributed by atoms with Crippen molar-refractivity contribution in [1.29, 1.82) is 0 Å². The first kappa shape index (κ1) is 16.2. The van der Waals surface area contributed by atoms with Crippen LogP contribution in [0.1, 0.15) is 18.1 Å². The van der Waals surface area contributed by atoms with Crippen LogP contribution in [0.25, 0.3) is 10.9 Å². The molecular formula is C20H19N4O2+. The molecule has 1 unspecified atom stereocenters. The molecule has 6 heteroatoms. The summed E-state index contributed by atoms with van der Waals surface area (Å²) in [5.74, 6) is 0. The first-order valence-electron chi connectivity index (χ1n) is 8.52. The van der Waals surface area contributed by atoms with E-state index in [0.717, 1.165) is 34.1 Å². The fraction of sp³-hybridized carbons (Fsp3) is 0.200. The number of aryl methyl sites for hydroxylation is 1. The fourth-order valence-corrected chi connectivity index (χ4v) is 3.52. The Morgan fingerprint density at radius 3 is 2.88 bits per heavy atom. The minimum atomic E-state index is -0.354. The second-order valence-corrected chi connectivity index (χ2v) is 6.61. The molecule has 1 aromatic heterocycles. The summed E-state index contributed by atoms with van der Waals surface area (Å²) in [4.78, 5) is 10.6. The van der Waals surface area contributed by atoms with E-state index < -0.39 is 0 Å². The number of anilines is 1. The Bertz CT molecular complexity index is 1050. The number of hydrazone groups is 1. The molecule has 2 aromatic carbocycles. The quantitative estimate of drug-likeness (QED) is 0.316. The number of para-hydroxylation sites is 1. The smallest absolute Gasteiger partial charge is 0.262 e. The van der Waals surface area contributed by atoms with Gasteiger partial charge in [-0.15, -0.1) is 0 Å². The summed E-state index contributed by atoms with van der Waals surface area (Å²) in [5.41, 5.74) is 4.21. The Labute approximate surface area is 151 Å². The monoisotopic (exact) mass is 347 g/mol. The van der Waals surface area contributed by atoms with Gasteiger partial charge in [0.05, 0.1) is 28.3 Å². The molecule has 0 radical (unpaired) electrons. The van der Waals surface area contributed by atoms with Crippen molar-refractivity contribution < 1.29 is 9.49 Å². The highest BCUT2D eigenvalue weighted by atomic mass is 16.6. The van der Waals surface area contributed by atoms with E-state index in [1.54, 1.807) is 12.1 Å². The fourth-order valence-electron chi connectivity index (χ4n) is 3.52. The van der Waals surface area contributed by atoms with Crippen LogP contribution < -0.4 is 9.58 Å². The van der Waals surface area contributed by atoms with Gasteiger partial charge in [-0.25, -0.2) is 4.57 Å². The largest absolute Gasteiger partial charge is 0.269 e. The lowest BCUT2D eigenvalue weighted by Gasteiger charge is -2.18. The van der Waals surface area contributed by atoms with Crippen LogP contribution in [-0.4, -0.2) is 17.2 Å². The van der Waals surface area contributed by atoms with Gasteiger partial charge in [-0.1, -0.05) is 12.1 Å². The van der Waals surface area contributed by atoms with E-state index in [1.165, 1.54) is 6.07 Å². The number of hydrogen-bond acceptors (Lipinski definition) is 4. The molecule has 26 heavy (non-hydrogen) atoms. The van der Waals surface area contributed by atoms with Gasteiger partial charge in [0.2, 0.25) is 5.52 Å². The van der Waals surface area contributed by atoms with Gasteiger partial charge < -0.3 is 0 Å². The summed E-state index contributed by atoms with van der Waals surface area (Å²) >= 11 is 0. The lowest BCUT2D eigenvalue weighted by atomic mass is 10.1. The SMILES string of the molecule is CC1Cc2cc([N+](=O)[O-])ccc2N1N=Cc1cc[n+](C)c2ccccc12. The number of rotatable bonds is 3. The third-order valence-corrected chi connectivity index (χ3v) is 4.85. The molecule has 0 saturated carbocycles. The zero-order valence-electron chi connectivity index (χ0n) is 14.7. The number of fused-ring (bicyclic) bond motifs is 2. The Balaban J connectivity index is 1.71. The van der Waals surface area contributed by atoms with Crippen molar-refractivity contribution in [2.45, 2.75) is 19.4 Å². The van der Waals surface area contributed by atoms with Crippen molar-refractivity contribution >= 4 is 28.5 Å². The van der Waals surface area contributed by atoms with Crippen molar-refractivity contribution in [3.05, 3.63) is 76.0 Å². The van der Waals surface area contributed by atoms with Gasteiger partial charge in [0.25, 0.3) is 5.69 Å². The number of hydrogen-bond donors (Lipinski definition) is 0. The van der Waals surface area contributed by atoms with Crippen molar-refractivity contribution in [3.8, 4) is 0 Å². The molecule has 1 aliphatic rings. The van der Waals surface area contributed by atoms with Gasteiger partial charge >= 0.3 is 0 Å². The third kappa shape index (κ3) is 2.69. The summed E-state index contributed by atoms with van der Waals surface area (Å²) in [7, 11) is 2.02. The maximum absolute atomic E-state index is 11.0. The standard InChI is InChI=1S/C20H19N4O2/c1-14-11-16-12-17(24(25)26)7-8-19(16)23(14)21-13-15-9-10-22(2)20-6-4-3-5-18(15)20/h3-10,12-14H,11H2,1-2H3/q+1. The molecule has 0 fully saturated rings. The molecule has 0 N–H and O–H groups in total. The molecule has 1 atom stereocenters. The number of aromatic nitrogens is 1. The molecule has 4 rings (SSSR count). The predicted molar refractivity (Wildman–Crippen MR) is 101 cm³/mol. The van der Waals surface area contributed by atoms with E-state index in [2.05, 4.69) is 23.6 Å². The van der Waals surface area contributed by atoms with Gasteiger partial charge in [-0.3, -0.25) is 15.1 Å². The average Bonchev–Trinajstić information content (AvgIpc) is 2.96. The Morgan fingerprint density at radius 2 is 2.08 bits per heavy atom. The van der Waals surface area contributed by atoms with E-state index in [9.17, 15) is 10.1 Å². The van der Waals surface area contributed by atoms with Crippen LogP contribution in [0.5, 0.6) is 0 Å². The summed E-state index contributed by atoms with van der Waals surface area (Å²) in [6.07, 6.45) is 4.64.